The lowest BCUT2D eigenvalue weighted by Crippen LogP contribution is -2.42. The van der Waals surface area contributed by atoms with Crippen LogP contribution >= 0.6 is 0 Å². The van der Waals surface area contributed by atoms with Crippen molar-refractivity contribution in [2.24, 2.45) is 11.7 Å². The molecule has 0 saturated heterocycles. The highest BCUT2D eigenvalue weighted by molar-refractivity contribution is 6.67. The molecule has 2 nitrogen and oxygen atoms in total. The van der Waals surface area contributed by atoms with E-state index in [9.17, 15) is 0 Å². The second-order valence-electron chi connectivity index (χ2n) is 8.22. The zero-order valence-corrected chi connectivity index (χ0v) is 14.9. The molecule has 24 heavy (non-hydrogen) atoms. The van der Waals surface area contributed by atoms with Gasteiger partial charge in [-0.3, -0.25) is 0 Å². The molecule has 2 aliphatic heterocycles. The molecule has 0 aromatic heterocycles. The molecular formula is C21H29BN2. The highest BCUT2D eigenvalue weighted by Gasteiger charge is 2.36. The van der Waals surface area contributed by atoms with Gasteiger partial charge in [0.15, 0.2) is 6.71 Å². The zero-order chi connectivity index (χ0) is 16.7. The molecule has 1 unspecified atom stereocenters. The van der Waals surface area contributed by atoms with Crippen LogP contribution in [-0.2, 0) is 12.7 Å². The van der Waals surface area contributed by atoms with Crippen LogP contribution in [0.3, 0.4) is 0 Å². The van der Waals surface area contributed by atoms with Crippen molar-refractivity contribution in [1.29, 1.82) is 0 Å². The molecule has 1 aliphatic carbocycles. The molecule has 3 N–H and O–H groups in total. The Morgan fingerprint density at radius 2 is 2.08 bits per heavy atom. The van der Waals surface area contributed by atoms with Crippen molar-refractivity contribution in [3.63, 3.8) is 0 Å². The van der Waals surface area contributed by atoms with Crippen LogP contribution in [0.4, 0.5) is 0 Å². The van der Waals surface area contributed by atoms with Crippen LogP contribution in [-0.4, -0.2) is 18.7 Å². The summed E-state index contributed by atoms with van der Waals surface area (Å²) in [6.07, 6.45) is 8.55. The third-order valence-electron chi connectivity index (χ3n) is 6.32. The van der Waals surface area contributed by atoms with E-state index in [0.29, 0.717) is 18.7 Å². The molecule has 0 radical (unpaired) electrons. The quantitative estimate of drug-likeness (QED) is 0.834. The highest BCUT2D eigenvalue weighted by atomic mass is 14.9. The van der Waals surface area contributed by atoms with Crippen LogP contribution in [0.15, 0.2) is 36.5 Å². The summed E-state index contributed by atoms with van der Waals surface area (Å²) in [5.74, 6) is 3.97. The topological polar surface area (TPSA) is 38.0 Å². The summed E-state index contributed by atoms with van der Waals surface area (Å²) < 4.78 is 0. The van der Waals surface area contributed by atoms with Crippen LogP contribution in [0.1, 0.15) is 55.7 Å². The Morgan fingerprint density at radius 1 is 1.29 bits per heavy atom. The Morgan fingerprint density at radius 3 is 2.83 bits per heavy atom. The number of nitrogens with two attached hydrogens (primary N) is 1. The molecule has 3 aliphatic rings. The first kappa shape index (κ1) is 16.0. The molecule has 1 aromatic rings. The van der Waals surface area contributed by atoms with Gasteiger partial charge in [-0.1, -0.05) is 36.3 Å². The van der Waals surface area contributed by atoms with E-state index in [-0.39, 0.29) is 0 Å². The predicted octanol–water partition coefficient (Wildman–Crippen LogP) is 3.69. The van der Waals surface area contributed by atoms with Crippen LogP contribution < -0.4 is 11.1 Å². The third-order valence-corrected chi connectivity index (χ3v) is 6.32. The summed E-state index contributed by atoms with van der Waals surface area (Å²) in [6, 6.07) is 7.18. The Balaban J connectivity index is 1.47. The summed E-state index contributed by atoms with van der Waals surface area (Å²) in [5, 5.41) is 3.85. The minimum Gasteiger partial charge on any atom is -0.393 e. The Kier molecular flexibility index (Phi) is 4.30. The van der Waals surface area contributed by atoms with Gasteiger partial charge in [-0.05, 0) is 80.1 Å². The van der Waals surface area contributed by atoms with Crippen LogP contribution in [0, 0.1) is 5.92 Å². The van der Waals surface area contributed by atoms with E-state index in [1.165, 1.54) is 60.1 Å². The van der Waals surface area contributed by atoms with E-state index in [4.69, 9.17) is 5.73 Å². The second-order valence-corrected chi connectivity index (χ2v) is 8.22. The largest absolute Gasteiger partial charge is 0.393 e. The summed E-state index contributed by atoms with van der Waals surface area (Å²) in [7, 11) is 0. The Hall–Kier alpha value is -1.48. The van der Waals surface area contributed by atoms with Crippen molar-refractivity contribution in [3.05, 3.63) is 53.1 Å². The van der Waals surface area contributed by atoms with Crippen molar-refractivity contribution in [2.75, 3.05) is 0 Å². The van der Waals surface area contributed by atoms with Crippen LogP contribution in [0.2, 0.25) is 0 Å². The highest BCUT2D eigenvalue weighted by Crippen LogP contribution is 2.34. The molecule has 1 atom stereocenters. The van der Waals surface area contributed by atoms with Crippen molar-refractivity contribution in [2.45, 2.75) is 63.8 Å². The lowest BCUT2D eigenvalue weighted by Gasteiger charge is -2.29. The predicted molar refractivity (Wildman–Crippen MR) is 104 cm³/mol. The van der Waals surface area contributed by atoms with Gasteiger partial charge in [0.25, 0.3) is 0 Å². The smallest absolute Gasteiger partial charge is 0.199 e. The van der Waals surface area contributed by atoms with Crippen molar-refractivity contribution in [3.8, 4) is 0 Å². The van der Waals surface area contributed by atoms with Crippen molar-refractivity contribution >= 4 is 12.3 Å². The molecule has 1 fully saturated rings. The zero-order valence-electron chi connectivity index (χ0n) is 14.9. The minimum absolute atomic E-state index is 0.449. The molecule has 0 amide bonds. The average molecular weight is 320 g/mol. The number of benzene rings is 1. The van der Waals surface area contributed by atoms with E-state index in [1.54, 1.807) is 0 Å². The van der Waals surface area contributed by atoms with Crippen LogP contribution in [0.25, 0.3) is 5.57 Å². The maximum absolute atomic E-state index is 6.05. The molecule has 126 valence electrons. The number of allylic oxidation sites excluding steroid dienone is 2. The van der Waals surface area contributed by atoms with Gasteiger partial charge in [0.2, 0.25) is 0 Å². The van der Waals surface area contributed by atoms with E-state index in [2.05, 4.69) is 43.0 Å². The number of hydrogen-bond acceptors (Lipinski definition) is 2. The van der Waals surface area contributed by atoms with Crippen molar-refractivity contribution in [1.82, 2.24) is 5.32 Å². The van der Waals surface area contributed by atoms with Crippen molar-refractivity contribution < 1.29 is 0 Å². The van der Waals surface area contributed by atoms with E-state index < -0.39 is 0 Å². The molecule has 0 bridgehead atoms. The fourth-order valence-corrected chi connectivity index (χ4v) is 4.94. The molecule has 1 aromatic carbocycles. The fraction of sp³-hybridized carbons (Fsp3) is 0.524. The normalized spacial score (nSPS) is 28.7. The molecule has 3 heteroatoms. The van der Waals surface area contributed by atoms with Gasteiger partial charge >= 0.3 is 0 Å². The second kappa shape index (κ2) is 6.44. The van der Waals surface area contributed by atoms with Gasteiger partial charge in [0.05, 0.1) is 0 Å². The first-order chi connectivity index (χ1) is 11.6. The van der Waals surface area contributed by atoms with E-state index in [0.717, 1.165) is 18.7 Å². The minimum atomic E-state index is 0.449. The van der Waals surface area contributed by atoms with Gasteiger partial charge in [-0.15, -0.1) is 0 Å². The number of rotatable bonds is 3. The molecule has 1 saturated carbocycles. The average Bonchev–Trinajstić information content (AvgIpc) is 2.95. The first-order valence-electron chi connectivity index (χ1n) is 9.59. The Labute approximate surface area is 146 Å². The lowest BCUT2D eigenvalue weighted by atomic mass is 9.39. The third kappa shape index (κ3) is 3.07. The molecule has 4 rings (SSSR count). The van der Waals surface area contributed by atoms with E-state index in [1.807, 2.05) is 0 Å². The molecule has 2 heterocycles. The lowest BCUT2D eigenvalue weighted by molar-refractivity contribution is 0.320. The van der Waals surface area contributed by atoms with Crippen LogP contribution in [0.5, 0.6) is 0 Å². The van der Waals surface area contributed by atoms with Gasteiger partial charge < -0.3 is 11.1 Å². The maximum atomic E-state index is 6.05. The van der Waals surface area contributed by atoms with Gasteiger partial charge in [0, 0.05) is 12.0 Å². The Bertz CT molecular complexity index is 670. The number of fused-ring (bicyclic) bond motifs is 2. The SMILES string of the molecule is C=C(C)c1cccc2c1CB1C=C(CC3CCC(N)CC3)NC1C2. The summed E-state index contributed by atoms with van der Waals surface area (Å²) in [5.41, 5.74) is 13.2. The van der Waals surface area contributed by atoms with Gasteiger partial charge in [-0.2, -0.15) is 0 Å². The van der Waals surface area contributed by atoms with Gasteiger partial charge in [0.1, 0.15) is 0 Å². The summed E-state index contributed by atoms with van der Waals surface area (Å²) in [6.45, 7) is 6.96. The maximum Gasteiger partial charge on any atom is 0.199 e. The van der Waals surface area contributed by atoms with Gasteiger partial charge in [-0.25, -0.2) is 0 Å². The summed E-state index contributed by atoms with van der Waals surface area (Å²) >= 11 is 0. The fourth-order valence-electron chi connectivity index (χ4n) is 4.94. The monoisotopic (exact) mass is 320 g/mol. The number of nitrogens with one attached hydrogen (secondary N) is 1. The molecular weight excluding hydrogens is 291 g/mol. The number of hydrogen-bond donors (Lipinski definition) is 2. The first-order valence-corrected chi connectivity index (χ1v) is 9.59. The summed E-state index contributed by atoms with van der Waals surface area (Å²) in [4.78, 5) is 0. The van der Waals surface area contributed by atoms with E-state index >= 15 is 0 Å². The molecule has 0 spiro atoms. The standard InChI is InChI=1S/C21H29BN2/c1-14(2)19-5-3-4-16-11-21-22(13-20(16)19)12-18(24-21)10-15-6-8-17(23)9-7-15/h3-5,12,15,17,21,24H,1,6-11,13,23H2,2H3.